The maximum absolute atomic E-state index is 13.7. The summed E-state index contributed by atoms with van der Waals surface area (Å²) >= 11 is 2.32. The van der Waals surface area contributed by atoms with Crippen molar-refractivity contribution in [2.24, 2.45) is 0 Å². The molecule has 0 unspecified atom stereocenters. The van der Waals surface area contributed by atoms with Crippen molar-refractivity contribution in [1.29, 1.82) is 0 Å². The lowest BCUT2D eigenvalue weighted by atomic mass is 10.1. The van der Waals surface area contributed by atoms with Gasteiger partial charge in [-0.2, -0.15) is 0 Å². The second-order valence-corrected chi connectivity index (χ2v) is 7.99. The van der Waals surface area contributed by atoms with E-state index in [1.807, 2.05) is 30.3 Å². The molecule has 6 nitrogen and oxygen atoms in total. The summed E-state index contributed by atoms with van der Waals surface area (Å²) in [5.74, 6) is -0.816. The molecule has 29 heavy (non-hydrogen) atoms. The Morgan fingerprint density at radius 2 is 1.93 bits per heavy atom. The zero-order valence-corrected chi connectivity index (χ0v) is 16.3. The number of hydrogen-bond donors (Lipinski definition) is 1. The average Bonchev–Trinajstić information content (AvgIpc) is 3.39. The Morgan fingerprint density at radius 1 is 1.10 bits per heavy atom. The van der Waals surface area contributed by atoms with E-state index < -0.39 is 17.5 Å². The van der Waals surface area contributed by atoms with Crippen LogP contribution in [0, 0.1) is 11.6 Å². The quantitative estimate of drug-likeness (QED) is 0.342. The fourth-order valence-corrected chi connectivity index (χ4v) is 4.11. The van der Waals surface area contributed by atoms with Gasteiger partial charge in [0.2, 0.25) is 5.13 Å². The lowest BCUT2D eigenvalue weighted by Crippen LogP contribution is -2.11. The topological polar surface area (TPSA) is 80.9 Å². The summed E-state index contributed by atoms with van der Waals surface area (Å²) in [6.45, 7) is 0. The van der Waals surface area contributed by atoms with Crippen molar-refractivity contribution < 1.29 is 18.1 Å². The first-order chi connectivity index (χ1) is 14.1. The molecule has 0 radical (unpaired) electrons. The predicted octanol–water partition coefficient (Wildman–Crippen LogP) is 5.02. The molecule has 2 aromatic carbocycles. The number of rotatable bonds is 6. The first-order valence-corrected chi connectivity index (χ1v) is 10.1. The summed E-state index contributed by atoms with van der Waals surface area (Å²) < 4.78 is 32.6. The number of benzene rings is 2. The molecule has 10 heteroatoms. The van der Waals surface area contributed by atoms with Crippen LogP contribution in [0.1, 0.15) is 16.1 Å². The highest BCUT2D eigenvalue weighted by Crippen LogP contribution is 2.29. The molecule has 0 spiro atoms. The van der Waals surface area contributed by atoms with Crippen LogP contribution in [0.3, 0.4) is 0 Å². The maximum Gasteiger partial charge on any atom is 0.279 e. The first kappa shape index (κ1) is 19.2. The Labute approximate surface area is 172 Å². The minimum absolute atomic E-state index is 0.107. The SMILES string of the molecule is O=C(Nc1nnc(SCc2cc(F)ccc2F)s1)c1cc(-c2ccccc2)on1. The number of halogens is 2. The number of amides is 1. The Hall–Kier alpha value is -3.11. The van der Waals surface area contributed by atoms with E-state index >= 15 is 0 Å². The second kappa shape index (κ2) is 8.50. The van der Waals surface area contributed by atoms with Crippen molar-refractivity contribution in [1.82, 2.24) is 15.4 Å². The highest BCUT2D eigenvalue weighted by Gasteiger charge is 2.16. The third kappa shape index (κ3) is 4.66. The first-order valence-electron chi connectivity index (χ1n) is 8.32. The van der Waals surface area contributed by atoms with Gasteiger partial charge in [0, 0.05) is 22.9 Å². The lowest BCUT2D eigenvalue weighted by Gasteiger charge is -2.00. The van der Waals surface area contributed by atoms with Gasteiger partial charge in [-0.25, -0.2) is 8.78 Å². The third-order valence-corrected chi connectivity index (χ3v) is 5.81. The van der Waals surface area contributed by atoms with Gasteiger partial charge >= 0.3 is 0 Å². The molecular formula is C19H12F2N4O2S2. The van der Waals surface area contributed by atoms with Gasteiger partial charge < -0.3 is 4.52 Å². The van der Waals surface area contributed by atoms with Crippen LogP contribution >= 0.6 is 23.1 Å². The summed E-state index contributed by atoms with van der Waals surface area (Å²) in [5.41, 5.74) is 1.14. The number of thioether (sulfide) groups is 1. The minimum Gasteiger partial charge on any atom is -0.355 e. The number of anilines is 1. The van der Waals surface area contributed by atoms with Crippen LogP contribution in [0.4, 0.5) is 13.9 Å². The van der Waals surface area contributed by atoms with Crippen molar-refractivity contribution in [3.05, 3.63) is 77.5 Å². The van der Waals surface area contributed by atoms with E-state index in [4.69, 9.17) is 4.52 Å². The van der Waals surface area contributed by atoms with Gasteiger partial charge in [0.05, 0.1) is 0 Å². The summed E-state index contributed by atoms with van der Waals surface area (Å²) in [7, 11) is 0. The molecule has 4 rings (SSSR count). The van der Waals surface area contributed by atoms with Crippen molar-refractivity contribution >= 4 is 34.1 Å². The van der Waals surface area contributed by atoms with Crippen LogP contribution < -0.4 is 5.32 Å². The minimum atomic E-state index is -0.505. The molecule has 0 aliphatic carbocycles. The van der Waals surface area contributed by atoms with Crippen LogP contribution in [0.25, 0.3) is 11.3 Å². The van der Waals surface area contributed by atoms with Gasteiger partial charge in [-0.05, 0) is 18.2 Å². The highest BCUT2D eigenvalue weighted by atomic mass is 32.2. The number of carbonyl (C=O) groups is 1. The molecule has 1 N–H and O–H groups in total. The molecule has 0 atom stereocenters. The molecule has 4 aromatic rings. The molecule has 0 saturated heterocycles. The predicted molar refractivity (Wildman–Crippen MR) is 106 cm³/mol. The smallest absolute Gasteiger partial charge is 0.279 e. The maximum atomic E-state index is 13.7. The van der Waals surface area contributed by atoms with Crippen LogP contribution in [-0.2, 0) is 5.75 Å². The Morgan fingerprint density at radius 3 is 2.76 bits per heavy atom. The van der Waals surface area contributed by atoms with Crippen LogP contribution in [-0.4, -0.2) is 21.3 Å². The van der Waals surface area contributed by atoms with Gasteiger partial charge in [-0.1, -0.05) is 58.6 Å². The third-order valence-electron chi connectivity index (χ3n) is 3.79. The van der Waals surface area contributed by atoms with E-state index in [2.05, 4.69) is 20.7 Å². The molecule has 0 saturated carbocycles. The highest BCUT2D eigenvalue weighted by molar-refractivity contribution is 8.00. The number of nitrogens with one attached hydrogen (secondary N) is 1. The van der Waals surface area contributed by atoms with E-state index in [1.165, 1.54) is 17.8 Å². The molecule has 0 aliphatic rings. The molecule has 0 bridgehead atoms. The molecular weight excluding hydrogens is 418 g/mol. The Bertz CT molecular complexity index is 1150. The molecule has 2 heterocycles. The summed E-state index contributed by atoms with van der Waals surface area (Å²) in [5, 5.41) is 14.5. The van der Waals surface area contributed by atoms with Gasteiger partial charge in [0.15, 0.2) is 15.8 Å². The zero-order valence-electron chi connectivity index (χ0n) is 14.6. The monoisotopic (exact) mass is 430 g/mol. The molecule has 0 fully saturated rings. The molecule has 2 aromatic heterocycles. The van der Waals surface area contributed by atoms with Crippen LogP contribution in [0.15, 0.2) is 63.5 Å². The molecule has 0 aliphatic heterocycles. The summed E-state index contributed by atoms with van der Waals surface area (Å²) in [4.78, 5) is 12.3. The van der Waals surface area contributed by atoms with Gasteiger partial charge in [-0.15, -0.1) is 10.2 Å². The number of carbonyl (C=O) groups excluding carboxylic acids is 1. The summed E-state index contributed by atoms with van der Waals surface area (Å²) in [6, 6.07) is 14.1. The van der Waals surface area contributed by atoms with Crippen molar-refractivity contribution in [2.45, 2.75) is 10.1 Å². The molecule has 1 amide bonds. The van der Waals surface area contributed by atoms with Gasteiger partial charge in [0.25, 0.3) is 5.91 Å². The van der Waals surface area contributed by atoms with E-state index in [0.717, 1.165) is 35.1 Å². The second-order valence-electron chi connectivity index (χ2n) is 5.79. The molecule has 146 valence electrons. The number of nitrogens with zero attached hydrogens (tertiary/aromatic N) is 3. The fourth-order valence-electron chi connectivity index (χ4n) is 2.39. The fraction of sp³-hybridized carbons (Fsp3) is 0.0526. The largest absolute Gasteiger partial charge is 0.355 e. The van der Waals surface area contributed by atoms with E-state index in [0.29, 0.717) is 10.1 Å². The van der Waals surface area contributed by atoms with Gasteiger partial charge in [-0.3, -0.25) is 10.1 Å². The lowest BCUT2D eigenvalue weighted by molar-refractivity contribution is 0.101. The number of aromatic nitrogens is 3. The van der Waals surface area contributed by atoms with E-state index in [1.54, 1.807) is 0 Å². The standard InChI is InChI=1S/C19H12F2N4O2S2/c20-13-6-7-14(21)12(8-13)10-28-19-24-23-18(29-19)22-17(26)15-9-16(27-25-15)11-4-2-1-3-5-11/h1-9H,10H2,(H,22,23,26). The van der Waals surface area contributed by atoms with E-state index in [-0.39, 0.29) is 22.1 Å². The summed E-state index contributed by atoms with van der Waals surface area (Å²) in [6.07, 6.45) is 0. The number of hydrogen-bond acceptors (Lipinski definition) is 7. The van der Waals surface area contributed by atoms with Gasteiger partial charge in [0.1, 0.15) is 11.6 Å². The van der Waals surface area contributed by atoms with Crippen LogP contribution in [0.5, 0.6) is 0 Å². The normalized spacial score (nSPS) is 10.8. The Kier molecular flexibility index (Phi) is 5.63. The van der Waals surface area contributed by atoms with E-state index in [9.17, 15) is 13.6 Å². The average molecular weight is 430 g/mol. The van der Waals surface area contributed by atoms with Crippen molar-refractivity contribution in [3.8, 4) is 11.3 Å². The van der Waals surface area contributed by atoms with Crippen LogP contribution in [0.2, 0.25) is 0 Å². The zero-order chi connectivity index (χ0) is 20.2. The van der Waals surface area contributed by atoms with Crippen molar-refractivity contribution in [2.75, 3.05) is 5.32 Å². The van der Waals surface area contributed by atoms with Crippen molar-refractivity contribution in [3.63, 3.8) is 0 Å². The Balaban J connectivity index is 1.38.